The number of aromatic nitrogens is 3. The first-order valence-corrected chi connectivity index (χ1v) is 8.10. The third-order valence-corrected chi connectivity index (χ3v) is 4.78. The summed E-state index contributed by atoms with van der Waals surface area (Å²) in [5.41, 5.74) is 0. The minimum absolute atomic E-state index is 0.241. The van der Waals surface area contributed by atoms with Gasteiger partial charge in [-0.05, 0) is 26.4 Å². The number of nitrogens with zero attached hydrogens (tertiary/aromatic N) is 5. The molecule has 0 aromatic carbocycles. The second-order valence-corrected chi connectivity index (χ2v) is 6.10. The summed E-state index contributed by atoms with van der Waals surface area (Å²) in [7, 11) is 2.18. The fourth-order valence-electron chi connectivity index (χ4n) is 3.47. The summed E-state index contributed by atoms with van der Waals surface area (Å²) in [4.78, 5) is 16.3. The fourth-order valence-corrected chi connectivity index (χ4v) is 3.47. The van der Waals surface area contributed by atoms with E-state index in [1.54, 1.807) is 0 Å². The van der Waals surface area contributed by atoms with Gasteiger partial charge in [-0.3, -0.25) is 9.69 Å². The summed E-state index contributed by atoms with van der Waals surface area (Å²) in [5, 5.41) is 8.87. The van der Waals surface area contributed by atoms with Crippen molar-refractivity contribution in [1.82, 2.24) is 24.6 Å². The lowest BCUT2D eigenvalue weighted by Crippen LogP contribution is -2.34. The number of rotatable bonds is 2. The third-order valence-electron chi connectivity index (χ3n) is 4.78. The Morgan fingerprint density at radius 1 is 1.19 bits per heavy atom. The van der Waals surface area contributed by atoms with Crippen LogP contribution in [0.2, 0.25) is 0 Å². The highest BCUT2D eigenvalue weighted by atomic mass is 16.2. The van der Waals surface area contributed by atoms with E-state index in [2.05, 4.69) is 26.7 Å². The maximum atomic E-state index is 11.9. The summed E-state index contributed by atoms with van der Waals surface area (Å²) in [5.74, 6) is 2.37. The minimum atomic E-state index is 0.241. The van der Waals surface area contributed by atoms with Crippen molar-refractivity contribution in [2.24, 2.45) is 0 Å². The van der Waals surface area contributed by atoms with Crippen molar-refractivity contribution < 1.29 is 4.79 Å². The van der Waals surface area contributed by atoms with E-state index in [0.717, 1.165) is 50.7 Å². The SMILES string of the molecule is CCC(=O)N1CCc2nnc([C@H]3CCCCN3C)n2CC1. The van der Waals surface area contributed by atoms with Crippen LogP contribution in [0.3, 0.4) is 0 Å². The number of fused-ring (bicyclic) bond motifs is 1. The van der Waals surface area contributed by atoms with Crippen LogP contribution < -0.4 is 0 Å². The molecule has 1 fully saturated rings. The molecule has 6 nitrogen and oxygen atoms in total. The van der Waals surface area contributed by atoms with Crippen molar-refractivity contribution in [3.8, 4) is 0 Å². The molecule has 0 N–H and O–H groups in total. The summed E-state index contributed by atoms with van der Waals surface area (Å²) >= 11 is 0. The van der Waals surface area contributed by atoms with E-state index in [1.165, 1.54) is 12.8 Å². The number of amides is 1. The van der Waals surface area contributed by atoms with Crippen molar-refractivity contribution in [2.75, 3.05) is 26.7 Å². The molecule has 0 spiro atoms. The van der Waals surface area contributed by atoms with Crippen LogP contribution in [0.25, 0.3) is 0 Å². The third kappa shape index (κ3) is 2.81. The van der Waals surface area contributed by atoms with Crippen molar-refractivity contribution in [2.45, 2.75) is 51.6 Å². The van der Waals surface area contributed by atoms with Crippen LogP contribution in [0, 0.1) is 0 Å². The molecule has 0 radical (unpaired) electrons. The number of hydrogen-bond donors (Lipinski definition) is 0. The first-order valence-electron chi connectivity index (χ1n) is 8.10. The Morgan fingerprint density at radius 3 is 2.81 bits per heavy atom. The highest BCUT2D eigenvalue weighted by Crippen LogP contribution is 2.29. The predicted octanol–water partition coefficient (Wildman–Crippen LogP) is 1.23. The zero-order chi connectivity index (χ0) is 14.8. The molecule has 0 bridgehead atoms. The van der Waals surface area contributed by atoms with Gasteiger partial charge in [-0.1, -0.05) is 13.3 Å². The van der Waals surface area contributed by atoms with E-state index in [0.29, 0.717) is 12.5 Å². The van der Waals surface area contributed by atoms with Gasteiger partial charge in [-0.15, -0.1) is 10.2 Å². The lowest BCUT2D eigenvalue weighted by Gasteiger charge is -2.31. The molecule has 3 heterocycles. The first kappa shape index (κ1) is 14.5. The molecule has 0 unspecified atom stereocenters. The maximum Gasteiger partial charge on any atom is 0.222 e. The molecule has 0 aliphatic carbocycles. The zero-order valence-electron chi connectivity index (χ0n) is 13.1. The van der Waals surface area contributed by atoms with Crippen LogP contribution in [0.4, 0.5) is 0 Å². The van der Waals surface area contributed by atoms with Crippen LogP contribution in [0.5, 0.6) is 0 Å². The van der Waals surface area contributed by atoms with Gasteiger partial charge >= 0.3 is 0 Å². The van der Waals surface area contributed by atoms with Crippen molar-refractivity contribution >= 4 is 5.91 Å². The number of piperidine rings is 1. The maximum absolute atomic E-state index is 11.9. The smallest absolute Gasteiger partial charge is 0.222 e. The summed E-state index contributed by atoms with van der Waals surface area (Å²) < 4.78 is 2.26. The van der Waals surface area contributed by atoms with Crippen LogP contribution in [0.15, 0.2) is 0 Å². The van der Waals surface area contributed by atoms with E-state index in [9.17, 15) is 4.79 Å². The molecular formula is C15H25N5O. The molecule has 0 saturated carbocycles. The van der Waals surface area contributed by atoms with Gasteiger partial charge < -0.3 is 9.47 Å². The molecule has 1 saturated heterocycles. The van der Waals surface area contributed by atoms with Crippen LogP contribution in [-0.4, -0.2) is 57.2 Å². The molecule has 2 aliphatic heterocycles. The molecule has 3 rings (SSSR count). The minimum Gasteiger partial charge on any atom is -0.340 e. The highest BCUT2D eigenvalue weighted by Gasteiger charge is 2.28. The number of likely N-dealkylation sites (tertiary alicyclic amines) is 1. The zero-order valence-corrected chi connectivity index (χ0v) is 13.1. The Balaban J connectivity index is 1.79. The topological polar surface area (TPSA) is 54.3 Å². The second-order valence-electron chi connectivity index (χ2n) is 6.10. The fraction of sp³-hybridized carbons (Fsp3) is 0.800. The largest absolute Gasteiger partial charge is 0.340 e. The van der Waals surface area contributed by atoms with Crippen molar-refractivity contribution in [3.05, 3.63) is 11.6 Å². The summed E-state index contributed by atoms with van der Waals surface area (Å²) in [6, 6.07) is 0.383. The van der Waals surface area contributed by atoms with Gasteiger partial charge in [0.25, 0.3) is 0 Å². The van der Waals surface area contributed by atoms with Gasteiger partial charge in [0.1, 0.15) is 11.6 Å². The van der Waals surface area contributed by atoms with Gasteiger partial charge in [-0.25, -0.2) is 0 Å². The quantitative estimate of drug-likeness (QED) is 0.822. The van der Waals surface area contributed by atoms with Crippen LogP contribution in [0.1, 0.15) is 50.3 Å². The monoisotopic (exact) mass is 291 g/mol. The molecule has 1 atom stereocenters. The van der Waals surface area contributed by atoms with Gasteiger partial charge in [0.2, 0.25) is 5.91 Å². The number of carbonyl (C=O) groups is 1. The molecule has 2 aliphatic rings. The average Bonchev–Trinajstić information content (AvgIpc) is 2.78. The van der Waals surface area contributed by atoms with E-state index >= 15 is 0 Å². The van der Waals surface area contributed by atoms with Crippen molar-refractivity contribution in [1.29, 1.82) is 0 Å². The Morgan fingerprint density at radius 2 is 2.05 bits per heavy atom. The molecule has 21 heavy (non-hydrogen) atoms. The Hall–Kier alpha value is -1.43. The Labute approximate surface area is 126 Å². The lowest BCUT2D eigenvalue weighted by atomic mass is 10.0. The van der Waals surface area contributed by atoms with Crippen molar-refractivity contribution in [3.63, 3.8) is 0 Å². The van der Waals surface area contributed by atoms with E-state index in [4.69, 9.17) is 0 Å². The van der Waals surface area contributed by atoms with Gasteiger partial charge in [-0.2, -0.15) is 0 Å². The Bertz CT molecular complexity index is 512. The normalized spacial score (nSPS) is 23.7. The van der Waals surface area contributed by atoms with Gasteiger partial charge in [0.05, 0.1) is 6.04 Å². The molecule has 6 heteroatoms. The number of carbonyl (C=O) groups excluding carboxylic acids is 1. The molecule has 1 amide bonds. The van der Waals surface area contributed by atoms with E-state index in [1.807, 2.05) is 11.8 Å². The molecule has 1 aromatic rings. The number of hydrogen-bond acceptors (Lipinski definition) is 4. The Kier molecular flexibility index (Phi) is 4.24. The standard InChI is InChI=1S/C15H25N5O/c1-3-14(21)19-9-7-13-16-17-15(20(13)11-10-19)12-6-4-5-8-18(12)2/h12H,3-11H2,1-2H3/t12-/m1/s1. The second kappa shape index (κ2) is 6.13. The lowest BCUT2D eigenvalue weighted by molar-refractivity contribution is -0.130. The molecule has 1 aromatic heterocycles. The van der Waals surface area contributed by atoms with E-state index in [-0.39, 0.29) is 5.91 Å². The molecular weight excluding hydrogens is 266 g/mol. The summed E-state index contributed by atoms with van der Waals surface area (Å²) in [6.07, 6.45) is 5.09. The highest BCUT2D eigenvalue weighted by molar-refractivity contribution is 5.75. The predicted molar refractivity (Wildman–Crippen MR) is 79.8 cm³/mol. The molecule has 116 valence electrons. The van der Waals surface area contributed by atoms with Crippen LogP contribution >= 0.6 is 0 Å². The van der Waals surface area contributed by atoms with E-state index < -0.39 is 0 Å². The van der Waals surface area contributed by atoms with Gasteiger partial charge in [0.15, 0.2) is 0 Å². The first-order chi connectivity index (χ1) is 10.2. The van der Waals surface area contributed by atoms with Gasteiger partial charge in [0, 0.05) is 32.5 Å². The average molecular weight is 291 g/mol. The van der Waals surface area contributed by atoms with Crippen LogP contribution in [-0.2, 0) is 17.8 Å². The summed E-state index contributed by atoms with van der Waals surface area (Å²) in [6.45, 7) is 5.43.